The van der Waals surface area contributed by atoms with Crippen LogP contribution in [-0.2, 0) is 13.0 Å². The number of nitrogens with zero attached hydrogens (tertiary/aromatic N) is 2. The fraction of sp³-hybridized carbons (Fsp3) is 0.250. The van der Waals surface area contributed by atoms with Gasteiger partial charge in [-0.1, -0.05) is 6.07 Å². The maximum absolute atomic E-state index is 5.97. The smallest absolute Gasteiger partial charge is 0.112 e. The van der Waals surface area contributed by atoms with Crippen LogP contribution in [0.25, 0.3) is 0 Å². The zero-order chi connectivity index (χ0) is 11.0. The van der Waals surface area contributed by atoms with Gasteiger partial charge in [-0.2, -0.15) is 0 Å². The van der Waals surface area contributed by atoms with Crippen molar-refractivity contribution in [3.05, 3.63) is 40.3 Å². The van der Waals surface area contributed by atoms with Gasteiger partial charge in [0.05, 0.1) is 6.54 Å². The van der Waals surface area contributed by atoms with Gasteiger partial charge >= 0.3 is 0 Å². The van der Waals surface area contributed by atoms with Crippen LogP contribution in [0.4, 0.5) is 11.4 Å². The van der Waals surface area contributed by atoms with Crippen molar-refractivity contribution in [2.75, 3.05) is 17.2 Å². The van der Waals surface area contributed by atoms with Crippen LogP contribution in [0, 0.1) is 0 Å². The fourth-order valence-electron chi connectivity index (χ4n) is 2.19. The Bertz CT molecular complexity index is 493. The fourth-order valence-corrected chi connectivity index (χ4v) is 2.82. The van der Waals surface area contributed by atoms with Crippen molar-refractivity contribution in [1.82, 2.24) is 4.98 Å². The molecule has 0 saturated heterocycles. The molecule has 1 aliphatic heterocycles. The Kier molecular flexibility index (Phi) is 2.29. The molecule has 16 heavy (non-hydrogen) atoms. The van der Waals surface area contributed by atoms with E-state index in [2.05, 4.69) is 16.0 Å². The lowest BCUT2D eigenvalue weighted by atomic mass is 10.1. The summed E-state index contributed by atoms with van der Waals surface area (Å²) < 4.78 is 0. The zero-order valence-electron chi connectivity index (χ0n) is 8.89. The summed E-state index contributed by atoms with van der Waals surface area (Å²) in [7, 11) is 0. The predicted molar refractivity (Wildman–Crippen MR) is 67.7 cm³/mol. The maximum Gasteiger partial charge on any atom is 0.112 e. The molecule has 3 rings (SSSR count). The van der Waals surface area contributed by atoms with Crippen LogP contribution in [0.1, 0.15) is 10.6 Å². The number of rotatable bonds is 2. The molecule has 2 N–H and O–H groups in total. The van der Waals surface area contributed by atoms with E-state index in [-0.39, 0.29) is 0 Å². The van der Waals surface area contributed by atoms with E-state index in [9.17, 15) is 0 Å². The van der Waals surface area contributed by atoms with Crippen molar-refractivity contribution < 1.29 is 0 Å². The third kappa shape index (κ3) is 1.55. The number of benzene rings is 1. The average Bonchev–Trinajstić information content (AvgIpc) is 2.90. The summed E-state index contributed by atoms with van der Waals surface area (Å²) in [6.45, 7) is 1.94. The molecule has 1 aromatic heterocycles. The molecule has 2 aromatic rings. The number of hydrogen-bond donors (Lipinski definition) is 1. The molecule has 0 atom stereocenters. The van der Waals surface area contributed by atoms with Gasteiger partial charge in [0.2, 0.25) is 0 Å². The maximum atomic E-state index is 5.97. The summed E-state index contributed by atoms with van der Waals surface area (Å²) in [5.41, 5.74) is 9.45. The van der Waals surface area contributed by atoms with Gasteiger partial charge in [0.25, 0.3) is 0 Å². The Balaban J connectivity index is 1.89. The molecule has 4 heteroatoms. The molecule has 0 aliphatic carbocycles. The van der Waals surface area contributed by atoms with Crippen LogP contribution >= 0.6 is 11.3 Å². The minimum Gasteiger partial charge on any atom is -0.398 e. The van der Waals surface area contributed by atoms with E-state index in [1.807, 2.05) is 23.7 Å². The standard InChI is InChI=1S/C12H13N3S/c13-10-2-1-3-11-9(10)4-6-15(11)8-12-14-5-7-16-12/h1-3,5,7H,4,6,8,13H2. The molecule has 0 radical (unpaired) electrons. The van der Waals surface area contributed by atoms with Crippen molar-refractivity contribution in [3.8, 4) is 0 Å². The number of hydrogen-bond acceptors (Lipinski definition) is 4. The Morgan fingerprint density at radius 3 is 3.19 bits per heavy atom. The normalized spacial score (nSPS) is 14.1. The van der Waals surface area contributed by atoms with E-state index in [4.69, 9.17) is 5.73 Å². The minimum absolute atomic E-state index is 0.897. The molecule has 0 unspecified atom stereocenters. The zero-order valence-corrected chi connectivity index (χ0v) is 9.70. The van der Waals surface area contributed by atoms with Gasteiger partial charge in [-0.3, -0.25) is 0 Å². The number of fused-ring (bicyclic) bond motifs is 1. The molecule has 3 nitrogen and oxygen atoms in total. The molecular weight excluding hydrogens is 218 g/mol. The average molecular weight is 231 g/mol. The summed E-state index contributed by atoms with van der Waals surface area (Å²) in [5.74, 6) is 0. The van der Waals surface area contributed by atoms with Crippen molar-refractivity contribution in [3.63, 3.8) is 0 Å². The van der Waals surface area contributed by atoms with Gasteiger partial charge in [0.15, 0.2) is 0 Å². The van der Waals surface area contributed by atoms with E-state index < -0.39 is 0 Å². The van der Waals surface area contributed by atoms with Crippen LogP contribution in [-0.4, -0.2) is 11.5 Å². The van der Waals surface area contributed by atoms with Gasteiger partial charge in [0, 0.05) is 35.1 Å². The highest BCUT2D eigenvalue weighted by atomic mass is 32.1. The predicted octanol–water partition coefficient (Wildman–Crippen LogP) is 2.29. The number of anilines is 2. The summed E-state index contributed by atoms with van der Waals surface area (Å²) in [4.78, 5) is 6.67. The lowest BCUT2D eigenvalue weighted by molar-refractivity contribution is 0.830. The van der Waals surface area contributed by atoms with E-state index in [1.165, 1.54) is 11.3 Å². The first kappa shape index (κ1) is 9.66. The molecule has 0 bridgehead atoms. The lowest BCUT2D eigenvalue weighted by Crippen LogP contribution is -2.19. The van der Waals surface area contributed by atoms with Crippen molar-refractivity contribution in [2.24, 2.45) is 0 Å². The van der Waals surface area contributed by atoms with Gasteiger partial charge in [-0.05, 0) is 18.6 Å². The van der Waals surface area contributed by atoms with Crippen molar-refractivity contribution in [2.45, 2.75) is 13.0 Å². The highest BCUT2D eigenvalue weighted by Gasteiger charge is 2.21. The van der Waals surface area contributed by atoms with Gasteiger partial charge in [0.1, 0.15) is 5.01 Å². The monoisotopic (exact) mass is 231 g/mol. The van der Waals surface area contributed by atoms with E-state index in [1.54, 1.807) is 11.3 Å². The quantitative estimate of drug-likeness (QED) is 0.806. The first-order chi connectivity index (χ1) is 7.84. The van der Waals surface area contributed by atoms with Crippen LogP contribution < -0.4 is 10.6 Å². The molecule has 82 valence electrons. The van der Waals surface area contributed by atoms with Crippen molar-refractivity contribution in [1.29, 1.82) is 0 Å². The van der Waals surface area contributed by atoms with E-state index >= 15 is 0 Å². The summed E-state index contributed by atoms with van der Waals surface area (Å²) in [6.07, 6.45) is 2.91. The highest BCUT2D eigenvalue weighted by molar-refractivity contribution is 7.09. The van der Waals surface area contributed by atoms with Gasteiger partial charge in [-0.15, -0.1) is 11.3 Å². The van der Waals surface area contributed by atoms with Gasteiger partial charge in [-0.25, -0.2) is 4.98 Å². The number of thiazole rings is 1. The third-order valence-electron chi connectivity index (χ3n) is 2.97. The Morgan fingerprint density at radius 1 is 1.44 bits per heavy atom. The number of nitrogen functional groups attached to an aromatic ring is 1. The topological polar surface area (TPSA) is 42.1 Å². The van der Waals surface area contributed by atoms with E-state index in [0.29, 0.717) is 0 Å². The Labute approximate surface area is 98.5 Å². The SMILES string of the molecule is Nc1cccc2c1CCN2Cc1nccs1. The second-order valence-electron chi connectivity index (χ2n) is 3.94. The second-order valence-corrected chi connectivity index (χ2v) is 4.92. The summed E-state index contributed by atoms with van der Waals surface area (Å²) in [5, 5.41) is 3.18. The molecule has 0 saturated carbocycles. The minimum atomic E-state index is 0.897. The van der Waals surface area contributed by atoms with E-state index in [0.717, 1.165) is 30.2 Å². The largest absolute Gasteiger partial charge is 0.398 e. The molecular formula is C12H13N3S. The number of aromatic nitrogens is 1. The number of nitrogens with two attached hydrogens (primary N) is 1. The van der Waals surface area contributed by atoms with Crippen molar-refractivity contribution >= 4 is 22.7 Å². The Hall–Kier alpha value is -1.55. The Morgan fingerprint density at radius 2 is 2.38 bits per heavy atom. The molecule has 0 amide bonds. The van der Waals surface area contributed by atoms with Gasteiger partial charge < -0.3 is 10.6 Å². The molecule has 0 fully saturated rings. The van der Waals surface area contributed by atoms with Crippen LogP contribution in [0.2, 0.25) is 0 Å². The summed E-state index contributed by atoms with van der Waals surface area (Å²) >= 11 is 1.70. The summed E-state index contributed by atoms with van der Waals surface area (Å²) in [6, 6.07) is 6.15. The first-order valence-electron chi connectivity index (χ1n) is 5.35. The second kappa shape index (κ2) is 3.79. The highest BCUT2D eigenvalue weighted by Crippen LogP contribution is 2.33. The molecule has 2 heterocycles. The molecule has 1 aliphatic rings. The van der Waals surface area contributed by atoms with Crippen LogP contribution in [0.15, 0.2) is 29.8 Å². The molecule has 1 aromatic carbocycles. The first-order valence-corrected chi connectivity index (χ1v) is 6.23. The molecule has 0 spiro atoms. The van der Waals surface area contributed by atoms with Crippen LogP contribution in [0.3, 0.4) is 0 Å². The third-order valence-corrected chi connectivity index (χ3v) is 3.73. The lowest BCUT2D eigenvalue weighted by Gasteiger charge is -2.17. The van der Waals surface area contributed by atoms with Crippen LogP contribution in [0.5, 0.6) is 0 Å².